The first-order chi connectivity index (χ1) is 24.3. The fourth-order valence-corrected chi connectivity index (χ4v) is 7.67. The van der Waals surface area contributed by atoms with E-state index >= 15 is 0 Å². The van der Waals surface area contributed by atoms with Gasteiger partial charge in [0.15, 0.2) is 5.82 Å². The number of hydrogen-bond acceptors (Lipinski definition) is 9. The molecule has 1 aliphatic carbocycles. The number of carbonyl (C=O) groups is 2. The number of hydrogen-bond donors (Lipinski definition) is 2. The molecule has 1 aromatic carbocycles. The highest BCUT2D eigenvalue weighted by Gasteiger charge is 2.45. The summed E-state index contributed by atoms with van der Waals surface area (Å²) in [4.78, 5) is 46.0. The number of pyridine rings is 1. The van der Waals surface area contributed by atoms with Crippen molar-refractivity contribution >= 4 is 29.5 Å². The van der Waals surface area contributed by atoms with Gasteiger partial charge in [-0.2, -0.15) is 15.3 Å². The van der Waals surface area contributed by atoms with Crippen LogP contribution in [-0.2, 0) is 18.4 Å². The maximum Gasteiger partial charge on any atom is 0.323 e. The van der Waals surface area contributed by atoms with Gasteiger partial charge in [0.05, 0.1) is 12.4 Å². The minimum absolute atomic E-state index is 0.0423. The Bertz CT molecular complexity index is 1850. The van der Waals surface area contributed by atoms with E-state index in [-0.39, 0.29) is 29.6 Å². The number of piperidine rings is 1. The molecule has 13 heteroatoms. The first-order valence-electron chi connectivity index (χ1n) is 17.4. The van der Waals surface area contributed by atoms with Crippen molar-refractivity contribution < 1.29 is 9.59 Å². The maximum atomic E-state index is 13.8. The number of nitrogens with one attached hydrogen (secondary N) is 2. The van der Waals surface area contributed by atoms with Gasteiger partial charge in [-0.1, -0.05) is 30.3 Å². The molecule has 3 aliphatic rings. The molecule has 2 saturated heterocycles. The van der Waals surface area contributed by atoms with E-state index < -0.39 is 0 Å². The second-order valence-corrected chi connectivity index (χ2v) is 13.7. The van der Waals surface area contributed by atoms with E-state index in [1.807, 2.05) is 67.7 Å². The summed E-state index contributed by atoms with van der Waals surface area (Å²) in [6.45, 7) is 1.88. The smallest absolute Gasteiger partial charge is 0.323 e. The molecule has 258 valence electrons. The topological polar surface area (TPSA) is 148 Å². The van der Waals surface area contributed by atoms with Gasteiger partial charge in [-0.05, 0) is 62.6 Å². The molecule has 2 N–H and O–H groups in total. The molecule has 50 heavy (non-hydrogen) atoms. The summed E-state index contributed by atoms with van der Waals surface area (Å²) in [5, 5.41) is 20.8. The van der Waals surface area contributed by atoms with Crippen LogP contribution in [0.3, 0.4) is 0 Å². The van der Waals surface area contributed by atoms with Gasteiger partial charge in [-0.25, -0.2) is 14.8 Å². The summed E-state index contributed by atoms with van der Waals surface area (Å²) < 4.78 is 1.75. The van der Waals surface area contributed by atoms with Crippen LogP contribution in [0.5, 0.6) is 0 Å². The average Bonchev–Trinajstić information content (AvgIpc) is 3.71. The third-order valence-electron chi connectivity index (χ3n) is 10.7. The standard InChI is InChI=1S/C37H43N11O2/c1-45-25-29(24-42-45)27-8-13-32(39-22-27)48(36(50)41-21-26-6-4-3-5-7-26)31-11-9-30(10-12-31)43-35-40-23-28(20-38)34(44-35)47-18-16-37(17-19-47)15-14-33(49)46(37)2/h3-8,13,22-25,30-31H,9-12,14-19,21H2,1-2H3,(H,41,50)(H,40,43,44). The molecule has 0 bridgehead atoms. The zero-order valence-corrected chi connectivity index (χ0v) is 28.6. The van der Waals surface area contributed by atoms with Gasteiger partial charge in [0.2, 0.25) is 11.9 Å². The Morgan fingerprint density at radius 1 is 0.980 bits per heavy atom. The zero-order valence-electron chi connectivity index (χ0n) is 28.6. The number of nitriles is 1. The Balaban J connectivity index is 1.02. The van der Waals surface area contributed by atoms with Crippen LogP contribution < -0.4 is 20.4 Å². The second-order valence-electron chi connectivity index (χ2n) is 13.7. The Labute approximate surface area is 292 Å². The summed E-state index contributed by atoms with van der Waals surface area (Å²) >= 11 is 0. The number of nitrogens with zero attached hydrogens (tertiary/aromatic N) is 9. The predicted octanol–water partition coefficient (Wildman–Crippen LogP) is 4.87. The zero-order chi connectivity index (χ0) is 34.7. The van der Waals surface area contributed by atoms with Crippen LogP contribution in [0.4, 0.5) is 22.4 Å². The fourth-order valence-electron chi connectivity index (χ4n) is 7.67. The average molecular weight is 674 g/mol. The van der Waals surface area contributed by atoms with E-state index in [9.17, 15) is 14.9 Å². The first-order valence-corrected chi connectivity index (χ1v) is 17.4. The van der Waals surface area contributed by atoms with Crippen LogP contribution >= 0.6 is 0 Å². The lowest BCUT2D eigenvalue weighted by Gasteiger charge is -2.44. The molecule has 7 rings (SSSR count). The second kappa shape index (κ2) is 14.2. The summed E-state index contributed by atoms with van der Waals surface area (Å²) in [5.41, 5.74) is 3.29. The highest BCUT2D eigenvalue weighted by Crippen LogP contribution is 2.39. The SMILES string of the molecule is CN1C(=O)CCC12CCN(c1nc(NC3CCC(N(C(=O)NCc4ccccc4)c4ccc(-c5cnn(C)c5)cn4)CC3)ncc1C#N)CC2. The number of rotatable bonds is 8. The number of anilines is 3. The number of benzene rings is 1. The quantitative estimate of drug-likeness (QED) is 0.267. The minimum atomic E-state index is -0.177. The largest absolute Gasteiger partial charge is 0.355 e. The number of amides is 3. The van der Waals surface area contributed by atoms with Crippen molar-refractivity contribution in [3.8, 4) is 17.2 Å². The molecule has 4 aromatic rings. The van der Waals surface area contributed by atoms with Crippen LogP contribution in [0.15, 0.2) is 67.3 Å². The molecule has 5 heterocycles. The van der Waals surface area contributed by atoms with E-state index in [1.165, 1.54) is 0 Å². The molecule has 1 saturated carbocycles. The van der Waals surface area contributed by atoms with Crippen molar-refractivity contribution in [1.29, 1.82) is 5.26 Å². The third kappa shape index (κ3) is 6.83. The predicted molar refractivity (Wildman–Crippen MR) is 190 cm³/mol. The molecule has 3 aromatic heterocycles. The molecule has 0 unspecified atom stereocenters. The van der Waals surface area contributed by atoms with Crippen molar-refractivity contribution in [3.63, 3.8) is 0 Å². The molecular weight excluding hydrogens is 630 g/mol. The van der Waals surface area contributed by atoms with Gasteiger partial charge in [0.25, 0.3) is 0 Å². The number of urea groups is 1. The Kier molecular flexibility index (Phi) is 9.34. The number of carbonyl (C=O) groups excluding carboxylic acids is 2. The highest BCUT2D eigenvalue weighted by molar-refractivity contribution is 5.91. The van der Waals surface area contributed by atoms with Crippen LogP contribution in [0, 0.1) is 11.3 Å². The molecule has 13 nitrogen and oxygen atoms in total. The van der Waals surface area contributed by atoms with Gasteiger partial charge in [0, 0.05) is 81.3 Å². The summed E-state index contributed by atoms with van der Waals surface area (Å²) in [6, 6.07) is 15.9. The normalized spacial score (nSPS) is 20.1. The lowest BCUT2D eigenvalue weighted by molar-refractivity contribution is -0.130. The molecule has 3 amide bonds. The lowest BCUT2D eigenvalue weighted by atomic mass is 9.85. The van der Waals surface area contributed by atoms with Gasteiger partial charge in [-0.3, -0.25) is 14.4 Å². The number of aromatic nitrogens is 5. The van der Waals surface area contributed by atoms with E-state index in [2.05, 4.69) is 31.7 Å². The van der Waals surface area contributed by atoms with Gasteiger partial charge < -0.3 is 20.4 Å². The summed E-state index contributed by atoms with van der Waals surface area (Å²) in [7, 11) is 3.80. The summed E-state index contributed by atoms with van der Waals surface area (Å²) in [5.74, 6) is 1.96. The molecule has 0 atom stereocenters. The molecule has 0 radical (unpaired) electrons. The fraction of sp³-hybridized carbons (Fsp3) is 0.432. The Morgan fingerprint density at radius 2 is 1.76 bits per heavy atom. The van der Waals surface area contributed by atoms with E-state index in [1.54, 1.807) is 28.2 Å². The Hall–Kier alpha value is -5.51. The Morgan fingerprint density at radius 3 is 2.40 bits per heavy atom. The van der Waals surface area contributed by atoms with Crippen molar-refractivity contribution in [2.24, 2.45) is 7.05 Å². The summed E-state index contributed by atoms with van der Waals surface area (Å²) in [6.07, 6.45) is 13.5. The van der Waals surface area contributed by atoms with Crippen molar-refractivity contribution in [1.82, 2.24) is 34.9 Å². The monoisotopic (exact) mass is 673 g/mol. The van der Waals surface area contributed by atoms with E-state index in [4.69, 9.17) is 9.97 Å². The number of aryl methyl sites for hydroxylation is 1. The third-order valence-corrected chi connectivity index (χ3v) is 10.7. The van der Waals surface area contributed by atoms with Crippen LogP contribution in [0.25, 0.3) is 11.1 Å². The van der Waals surface area contributed by atoms with Crippen LogP contribution in [0.1, 0.15) is 62.5 Å². The molecular formula is C37H43N11O2. The molecule has 1 spiro atoms. The minimum Gasteiger partial charge on any atom is -0.355 e. The van der Waals surface area contributed by atoms with Gasteiger partial charge >= 0.3 is 6.03 Å². The van der Waals surface area contributed by atoms with Crippen LogP contribution in [-0.4, -0.2) is 79.3 Å². The van der Waals surface area contributed by atoms with Crippen molar-refractivity contribution in [2.45, 2.75) is 75.5 Å². The van der Waals surface area contributed by atoms with Crippen LogP contribution in [0.2, 0.25) is 0 Å². The number of likely N-dealkylation sites (tertiary alicyclic amines) is 1. The van der Waals surface area contributed by atoms with Gasteiger partial charge in [0.1, 0.15) is 17.5 Å². The first kappa shape index (κ1) is 33.0. The van der Waals surface area contributed by atoms with Crippen molar-refractivity contribution in [2.75, 3.05) is 35.3 Å². The highest BCUT2D eigenvalue weighted by atomic mass is 16.2. The molecule has 3 fully saturated rings. The molecule has 2 aliphatic heterocycles. The van der Waals surface area contributed by atoms with Gasteiger partial charge in [-0.15, -0.1) is 0 Å². The maximum absolute atomic E-state index is 13.8. The van der Waals surface area contributed by atoms with E-state index in [0.29, 0.717) is 36.1 Å². The van der Waals surface area contributed by atoms with Crippen molar-refractivity contribution in [3.05, 3.63) is 78.4 Å². The lowest BCUT2D eigenvalue weighted by Crippen LogP contribution is -2.52. The van der Waals surface area contributed by atoms with E-state index in [0.717, 1.165) is 74.7 Å².